The molecule has 0 radical (unpaired) electrons. The monoisotopic (exact) mass is 363 g/mol. The molecule has 1 saturated carbocycles. The second-order valence-electron chi connectivity index (χ2n) is 6.81. The Hall–Kier alpha value is -3.35. The van der Waals surface area contributed by atoms with Crippen LogP contribution in [0.1, 0.15) is 31.2 Å². The second-order valence-corrected chi connectivity index (χ2v) is 6.81. The molecule has 0 saturated heterocycles. The van der Waals surface area contributed by atoms with Gasteiger partial charge in [0.15, 0.2) is 5.76 Å². The number of anilines is 1. The molecule has 7 nitrogen and oxygen atoms in total. The number of nitrogens with zero attached hydrogens (tertiary/aromatic N) is 2. The number of carbonyl (C=O) groups excluding carboxylic acids is 1. The van der Waals surface area contributed by atoms with Gasteiger partial charge in [0, 0.05) is 22.7 Å². The predicted molar refractivity (Wildman–Crippen MR) is 105 cm³/mol. The van der Waals surface area contributed by atoms with E-state index in [0.717, 1.165) is 42.3 Å². The molecule has 1 aromatic heterocycles. The number of hydrogen-bond acceptors (Lipinski definition) is 5. The van der Waals surface area contributed by atoms with Crippen LogP contribution in [-0.4, -0.2) is 16.9 Å². The van der Waals surface area contributed by atoms with E-state index in [1.54, 1.807) is 12.1 Å². The van der Waals surface area contributed by atoms with Crippen LogP contribution < -0.4 is 16.9 Å². The lowest BCUT2D eigenvalue weighted by Gasteiger charge is -2.11. The number of hydrogen-bond donors (Lipinski definition) is 3. The lowest BCUT2D eigenvalue weighted by Crippen LogP contribution is -2.20. The summed E-state index contributed by atoms with van der Waals surface area (Å²) in [7, 11) is 0. The average molecular weight is 363 g/mol. The highest BCUT2D eigenvalue weighted by Crippen LogP contribution is 2.31. The maximum Gasteiger partial charge on any atom is 0.227 e. The molecule has 27 heavy (non-hydrogen) atoms. The molecule has 2 aromatic carbocycles. The van der Waals surface area contributed by atoms with Gasteiger partial charge < -0.3 is 21.4 Å². The Labute approximate surface area is 156 Å². The van der Waals surface area contributed by atoms with Crippen molar-refractivity contribution in [3.05, 3.63) is 48.0 Å². The zero-order valence-corrected chi connectivity index (χ0v) is 14.8. The van der Waals surface area contributed by atoms with E-state index in [1.807, 2.05) is 30.3 Å². The van der Waals surface area contributed by atoms with Gasteiger partial charge in [0.05, 0.1) is 5.39 Å². The fraction of sp³-hybridized carbons (Fsp3) is 0.250. The first kappa shape index (κ1) is 17.1. The minimum atomic E-state index is 0.0845. The number of aromatic nitrogens is 1. The number of rotatable bonds is 4. The normalized spacial score (nSPS) is 15.3. The number of carbonyl (C=O) groups is 1. The summed E-state index contributed by atoms with van der Waals surface area (Å²) in [6, 6.07) is 13.0. The topological polar surface area (TPSA) is 120 Å². The van der Waals surface area contributed by atoms with E-state index in [9.17, 15) is 4.79 Å². The van der Waals surface area contributed by atoms with E-state index in [0.29, 0.717) is 16.8 Å². The van der Waals surface area contributed by atoms with Gasteiger partial charge in [0.2, 0.25) is 5.91 Å². The van der Waals surface area contributed by atoms with Crippen LogP contribution >= 0.6 is 0 Å². The van der Waals surface area contributed by atoms with Crippen LogP contribution in [-0.2, 0) is 4.79 Å². The highest BCUT2D eigenvalue weighted by molar-refractivity contribution is 6.03. The third-order valence-corrected chi connectivity index (χ3v) is 5.03. The lowest BCUT2D eigenvalue weighted by atomic mass is 10.0. The van der Waals surface area contributed by atoms with E-state index < -0.39 is 0 Å². The second kappa shape index (κ2) is 7.11. The minimum absolute atomic E-state index is 0.0845. The van der Waals surface area contributed by atoms with Crippen LogP contribution in [0.15, 0.2) is 52.1 Å². The molecule has 138 valence electrons. The molecule has 1 fully saturated rings. The SMILES string of the molecule is N/N=C(\N)c1ccc2noc(-c3cccc(NC(=O)C4CCCC4)c3)c2c1. The summed E-state index contributed by atoms with van der Waals surface area (Å²) in [5.41, 5.74) is 8.77. The molecule has 1 aliphatic carbocycles. The summed E-state index contributed by atoms with van der Waals surface area (Å²) in [5.74, 6) is 6.31. The summed E-state index contributed by atoms with van der Waals surface area (Å²) in [5, 5.41) is 11.5. The van der Waals surface area contributed by atoms with Gasteiger partial charge >= 0.3 is 0 Å². The van der Waals surface area contributed by atoms with E-state index in [1.165, 1.54) is 0 Å². The van der Waals surface area contributed by atoms with Gasteiger partial charge in [-0.2, -0.15) is 5.10 Å². The van der Waals surface area contributed by atoms with Crippen LogP contribution in [0.4, 0.5) is 5.69 Å². The number of nitrogens with one attached hydrogen (secondary N) is 1. The lowest BCUT2D eigenvalue weighted by molar-refractivity contribution is -0.119. The Morgan fingerprint density at radius 3 is 2.78 bits per heavy atom. The van der Waals surface area contributed by atoms with E-state index >= 15 is 0 Å². The zero-order valence-electron chi connectivity index (χ0n) is 14.8. The summed E-state index contributed by atoms with van der Waals surface area (Å²) < 4.78 is 5.55. The van der Waals surface area contributed by atoms with Crippen molar-refractivity contribution in [2.75, 3.05) is 5.32 Å². The Kier molecular flexibility index (Phi) is 4.50. The maximum absolute atomic E-state index is 12.4. The molecule has 0 aliphatic heterocycles. The molecule has 4 rings (SSSR count). The van der Waals surface area contributed by atoms with Gasteiger partial charge in [-0.25, -0.2) is 0 Å². The molecule has 1 amide bonds. The van der Waals surface area contributed by atoms with Crippen LogP contribution in [0, 0.1) is 5.92 Å². The standard InChI is InChI=1S/C20H21N5O2/c21-19(24-22)14-8-9-17-16(11-14)18(27-25-17)13-6-3-7-15(10-13)23-20(26)12-4-1-2-5-12/h3,6-12H,1-2,4-5,22H2,(H2,21,24)(H,23,26). The molecule has 0 atom stereocenters. The minimum Gasteiger partial charge on any atom is -0.382 e. The summed E-state index contributed by atoms with van der Waals surface area (Å²) in [4.78, 5) is 12.4. The number of amidine groups is 1. The number of nitrogens with two attached hydrogens (primary N) is 2. The molecule has 3 aromatic rings. The third-order valence-electron chi connectivity index (χ3n) is 5.03. The molecular weight excluding hydrogens is 342 g/mol. The van der Waals surface area contributed by atoms with E-state index in [4.69, 9.17) is 16.1 Å². The number of benzene rings is 2. The smallest absolute Gasteiger partial charge is 0.227 e. The molecule has 0 unspecified atom stereocenters. The van der Waals surface area contributed by atoms with Crippen LogP contribution in [0.25, 0.3) is 22.2 Å². The predicted octanol–water partition coefficient (Wildman–Crippen LogP) is 3.20. The Balaban J connectivity index is 1.66. The Morgan fingerprint density at radius 2 is 2.00 bits per heavy atom. The van der Waals surface area contributed by atoms with E-state index in [2.05, 4.69) is 15.6 Å². The van der Waals surface area contributed by atoms with Crippen LogP contribution in [0.5, 0.6) is 0 Å². The fourth-order valence-electron chi connectivity index (χ4n) is 3.55. The molecule has 0 bridgehead atoms. The van der Waals surface area contributed by atoms with Crippen molar-refractivity contribution in [1.29, 1.82) is 0 Å². The third kappa shape index (κ3) is 3.36. The highest BCUT2D eigenvalue weighted by Gasteiger charge is 2.22. The molecule has 7 heteroatoms. The maximum atomic E-state index is 12.4. The van der Waals surface area contributed by atoms with Crippen molar-refractivity contribution in [3.63, 3.8) is 0 Å². The van der Waals surface area contributed by atoms with E-state index in [-0.39, 0.29) is 17.7 Å². The molecule has 1 heterocycles. The van der Waals surface area contributed by atoms with Gasteiger partial charge in [-0.1, -0.05) is 30.1 Å². The Morgan fingerprint density at radius 1 is 1.19 bits per heavy atom. The first-order valence-electron chi connectivity index (χ1n) is 9.00. The van der Waals surface area contributed by atoms with Crippen LogP contribution in [0.3, 0.4) is 0 Å². The zero-order chi connectivity index (χ0) is 18.8. The molecule has 0 spiro atoms. The van der Waals surface area contributed by atoms with Crippen molar-refractivity contribution >= 4 is 28.3 Å². The van der Waals surface area contributed by atoms with Gasteiger partial charge in [-0.15, -0.1) is 0 Å². The van der Waals surface area contributed by atoms with Crippen molar-refractivity contribution in [3.8, 4) is 11.3 Å². The Bertz CT molecular complexity index is 1020. The van der Waals surface area contributed by atoms with Crippen molar-refractivity contribution in [2.24, 2.45) is 22.6 Å². The van der Waals surface area contributed by atoms with Crippen molar-refractivity contribution in [1.82, 2.24) is 5.16 Å². The molecule has 1 aliphatic rings. The highest BCUT2D eigenvalue weighted by atomic mass is 16.5. The number of amides is 1. The van der Waals surface area contributed by atoms with Crippen molar-refractivity contribution in [2.45, 2.75) is 25.7 Å². The first-order valence-corrected chi connectivity index (χ1v) is 9.00. The quantitative estimate of drug-likeness (QED) is 0.284. The summed E-state index contributed by atoms with van der Waals surface area (Å²) >= 11 is 0. The van der Waals surface area contributed by atoms with Gasteiger partial charge in [-0.3, -0.25) is 4.79 Å². The van der Waals surface area contributed by atoms with Gasteiger partial charge in [0.1, 0.15) is 11.4 Å². The van der Waals surface area contributed by atoms with Gasteiger partial charge in [0.25, 0.3) is 0 Å². The summed E-state index contributed by atoms with van der Waals surface area (Å²) in [6.07, 6.45) is 4.18. The number of hydrazone groups is 1. The van der Waals surface area contributed by atoms with Crippen molar-refractivity contribution < 1.29 is 9.32 Å². The average Bonchev–Trinajstić information content (AvgIpc) is 3.37. The molecular formula is C20H21N5O2. The summed E-state index contributed by atoms with van der Waals surface area (Å²) in [6.45, 7) is 0. The first-order chi connectivity index (χ1) is 13.2. The van der Waals surface area contributed by atoms with Gasteiger partial charge in [-0.05, 0) is 43.2 Å². The van der Waals surface area contributed by atoms with Crippen LogP contribution in [0.2, 0.25) is 0 Å². The number of fused-ring (bicyclic) bond motifs is 1. The fourth-order valence-corrected chi connectivity index (χ4v) is 3.55. The molecule has 5 N–H and O–H groups in total. The largest absolute Gasteiger partial charge is 0.382 e.